The molecule has 25 heavy (non-hydrogen) atoms. The fourth-order valence-electron chi connectivity index (χ4n) is 3.48. The molecule has 0 radical (unpaired) electrons. The Bertz CT molecular complexity index is 827. The predicted octanol–water partition coefficient (Wildman–Crippen LogP) is 2.90. The van der Waals surface area contributed by atoms with E-state index in [1.807, 2.05) is 18.2 Å². The van der Waals surface area contributed by atoms with Crippen molar-refractivity contribution in [1.82, 2.24) is 4.57 Å². The molecular formula is C19H21NO4S. The molecule has 1 aromatic carbocycles. The highest BCUT2D eigenvalue weighted by atomic mass is 32.1. The van der Waals surface area contributed by atoms with Crippen molar-refractivity contribution in [3.05, 3.63) is 46.2 Å². The molecule has 132 valence electrons. The summed E-state index contributed by atoms with van der Waals surface area (Å²) in [4.78, 5) is 12.5. The number of nitrogens with zero attached hydrogens (tertiary/aromatic N) is 1. The first-order chi connectivity index (χ1) is 12.2. The third kappa shape index (κ3) is 3.41. The van der Waals surface area contributed by atoms with Gasteiger partial charge in [-0.3, -0.25) is 4.79 Å². The number of rotatable bonds is 5. The van der Waals surface area contributed by atoms with Crippen molar-refractivity contribution < 1.29 is 14.2 Å². The van der Waals surface area contributed by atoms with E-state index in [9.17, 15) is 4.79 Å². The molecule has 2 aliphatic rings. The van der Waals surface area contributed by atoms with Gasteiger partial charge < -0.3 is 18.8 Å². The lowest BCUT2D eigenvalue weighted by Crippen LogP contribution is -2.26. The first-order valence-electron chi connectivity index (χ1n) is 8.61. The second-order valence-corrected chi connectivity index (χ2v) is 6.61. The fraction of sp³-hybridized carbons (Fsp3) is 0.421. The maximum absolute atomic E-state index is 12.5. The van der Waals surface area contributed by atoms with Crippen molar-refractivity contribution in [2.45, 2.75) is 31.9 Å². The lowest BCUT2D eigenvalue weighted by molar-refractivity contribution is 0.0679. The van der Waals surface area contributed by atoms with Gasteiger partial charge in [-0.15, -0.1) is 12.6 Å². The van der Waals surface area contributed by atoms with Crippen molar-refractivity contribution in [2.24, 2.45) is 0 Å². The van der Waals surface area contributed by atoms with Crippen LogP contribution in [0.15, 0.2) is 35.1 Å². The zero-order chi connectivity index (χ0) is 17.2. The summed E-state index contributed by atoms with van der Waals surface area (Å²) in [5.41, 5.74) is 3.07. The largest absolute Gasteiger partial charge is 0.491 e. The molecule has 3 heterocycles. The number of aromatic nitrogens is 1. The molecule has 1 aromatic heterocycles. The maximum Gasteiger partial charge on any atom is 0.254 e. The van der Waals surface area contributed by atoms with E-state index in [-0.39, 0.29) is 11.7 Å². The van der Waals surface area contributed by atoms with Crippen LogP contribution in [0.2, 0.25) is 0 Å². The average molecular weight is 359 g/mol. The summed E-state index contributed by atoms with van der Waals surface area (Å²) in [6.45, 7) is 1.96. The van der Waals surface area contributed by atoms with E-state index in [4.69, 9.17) is 14.2 Å². The summed E-state index contributed by atoms with van der Waals surface area (Å²) in [6.07, 6.45) is 3.04. The fourth-order valence-corrected chi connectivity index (χ4v) is 3.63. The summed E-state index contributed by atoms with van der Waals surface area (Å²) >= 11 is 4.11. The highest BCUT2D eigenvalue weighted by Crippen LogP contribution is 2.33. The number of thiol groups is 1. The Kier molecular flexibility index (Phi) is 4.72. The third-order valence-corrected chi connectivity index (χ3v) is 4.88. The summed E-state index contributed by atoms with van der Waals surface area (Å²) < 4.78 is 18.7. The van der Waals surface area contributed by atoms with Crippen LogP contribution in [0.4, 0.5) is 0 Å². The van der Waals surface area contributed by atoms with E-state index < -0.39 is 0 Å². The molecule has 0 spiro atoms. The van der Waals surface area contributed by atoms with Crippen molar-refractivity contribution in [2.75, 3.05) is 19.2 Å². The molecule has 2 aromatic rings. The Labute approximate surface area is 151 Å². The number of pyridine rings is 1. The molecule has 0 aliphatic carbocycles. The normalized spacial score (nSPS) is 18.5. The van der Waals surface area contributed by atoms with E-state index >= 15 is 0 Å². The standard InChI is InChI=1S/C19H21NO4S/c21-19-10-16(23-11-15-2-1-7-22-15)9-18-17-8-14(24-12-25)4-3-13(17)5-6-20(18)19/h3-4,8-10,15,25H,1-2,5-7,11-12H2. The minimum absolute atomic E-state index is 0.0361. The van der Waals surface area contributed by atoms with Crippen LogP contribution >= 0.6 is 12.6 Å². The van der Waals surface area contributed by atoms with Crippen LogP contribution in [-0.2, 0) is 17.7 Å². The van der Waals surface area contributed by atoms with Gasteiger partial charge >= 0.3 is 0 Å². The molecule has 0 N–H and O–H groups in total. The highest BCUT2D eigenvalue weighted by molar-refractivity contribution is 7.80. The van der Waals surface area contributed by atoms with Gasteiger partial charge in [0.1, 0.15) is 24.0 Å². The van der Waals surface area contributed by atoms with Gasteiger partial charge in [0, 0.05) is 30.8 Å². The Morgan fingerprint density at radius 2 is 2.12 bits per heavy atom. The molecule has 2 aliphatic heterocycles. The molecule has 6 heteroatoms. The van der Waals surface area contributed by atoms with Gasteiger partial charge in [0.25, 0.3) is 5.56 Å². The van der Waals surface area contributed by atoms with E-state index in [0.717, 1.165) is 42.9 Å². The van der Waals surface area contributed by atoms with Crippen LogP contribution in [0.5, 0.6) is 11.5 Å². The SMILES string of the molecule is O=c1cc(OCC2CCCO2)cc2n1CCc1ccc(OCS)cc1-2. The highest BCUT2D eigenvalue weighted by Gasteiger charge is 2.20. The number of benzene rings is 1. The maximum atomic E-state index is 12.5. The van der Waals surface area contributed by atoms with Gasteiger partial charge in [-0.1, -0.05) is 6.07 Å². The van der Waals surface area contributed by atoms with Crippen LogP contribution in [0, 0.1) is 0 Å². The Balaban J connectivity index is 1.66. The summed E-state index contributed by atoms with van der Waals surface area (Å²) in [5, 5.41) is 0. The van der Waals surface area contributed by atoms with E-state index in [0.29, 0.717) is 24.8 Å². The lowest BCUT2D eigenvalue weighted by Gasteiger charge is -2.23. The smallest absolute Gasteiger partial charge is 0.254 e. The Hall–Kier alpha value is -1.92. The Morgan fingerprint density at radius 1 is 1.20 bits per heavy atom. The number of hydrogen-bond donors (Lipinski definition) is 1. The third-order valence-electron chi connectivity index (χ3n) is 4.75. The first kappa shape index (κ1) is 16.5. The number of fused-ring (bicyclic) bond motifs is 3. The monoisotopic (exact) mass is 359 g/mol. The molecule has 4 rings (SSSR count). The van der Waals surface area contributed by atoms with Gasteiger partial charge in [0.2, 0.25) is 0 Å². The van der Waals surface area contributed by atoms with Crippen LogP contribution in [0.3, 0.4) is 0 Å². The van der Waals surface area contributed by atoms with E-state index in [1.54, 1.807) is 10.6 Å². The summed E-state index contributed by atoms with van der Waals surface area (Å²) in [5.74, 6) is 1.66. The minimum atomic E-state index is -0.0361. The van der Waals surface area contributed by atoms with Crippen molar-refractivity contribution in [3.63, 3.8) is 0 Å². The van der Waals surface area contributed by atoms with Crippen molar-refractivity contribution >= 4 is 12.6 Å². The number of ether oxygens (including phenoxy) is 3. The summed E-state index contributed by atoms with van der Waals surface area (Å²) in [7, 11) is 0. The summed E-state index contributed by atoms with van der Waals surface area (Å²) in [6, 6.07) is 9.48. The van der Waals surface area contributed by atoms with E-state index in [1.165, 1.54) is 5.56 Å². The topological polar surface area (TPSA) is 49.7 Å². The molecule has 0 saturated carbocycles. The van der Waals surface area contributed by atoms with Crippen molar-refractivity contribution in [3.8, 4) is 22.8 Å². The molecular weight excluding hydrogens is 338 g/mol. The Morgan fingerprint density at radius 3 is 2.92 bits per heavy atom. The van der Waals surface area contributed by atoms with E-state index in [2.05, 4.69) is 18.7 Å². The van der Waals surface area contributed by atoms with Gasteiger partial charge in [0.05, 0.1) is 11.8 Å². The van der Waals surface area contributed by atoms with Crippen LogP contribution < -0.4 is 15.0 Å². The van der Waals surface area contributed by atoms with Crippen LogP contribution in [0.25, 0.3) is 11.3 Å². The quantitative estimate of drug-likeness (QED) is 0.659. The number of hydrogen-bond acceptors (Lipinski definition) is 5. The first-order valence-corrected chi connectivity index (χ1v) is 9.24. The zero-order valence-corrected chi connectivity index (χ0v) is 14.8. The second kappa shape index (κ2) is 7.14. The predicted molar refractivity (Wildman–Crippen MR) is 98.8 cm³/mol. The minimum Gasteiger partial charge on any atom is -0.491 e. The van der Waals surface area contributed by atoms with Gasteiger partial charge in [0.15, 0.2) is 0 Å². The molecule has 5 nitrogen and oxygen atoms in total. The lowest BCUT2D eigenvalue weighted by atomic mass is 9.97. The zero-order valence-electron chi connectivity index (χ0n) is 13.9. The molecule has 1 fully saturated rings. The average Bonchev–Trinajstić information content (AvgIpc) is 3.14. The molecule has 0 bridgehead atoms. The van der Waals surface area contributed by atoms with Crippen LogP contribution in [-0.4, -0.2) is 29.8 Å². The van der Waals surface area contributed by atoms with Crippen molar-refractivity contribution in [1.29, 1.82) is 0 Å². The van der Waals surface area contributed by atoms with Crippen LogP contribution in [0.1, 0.15) is 18.4 Å². The molecule has 0 amide bonds. The van der Waals surface area contributed by atoms with Gasteiger partial charge in [-0.05, 0) is 37.0 Å². The number of aryl methyl sites for hydroxylation is 1. The van der Waals surface area contributed by atoms with Gasteiger partial charge in [-0.2, -0.15) is 0 Å². The second-order valence-electron chi connectivity index (χ2n) is 6.35. The molecule has 1 saturated heterocycles. The molecule has 1 unspecified atom stereocenters. The van der Waals surface area contributed by atoms with Gasteiger partial charge in [-0.25, -0.2) is 0 Å². The molecule has 1 atom stereocenters.